The van der Waals surface area contributed by atoms with E-state index in [1.54, 1.807) is 0 Å². The van der Waals surface area contributed by atoms with Gasteiger partial charge in [-0.2, -0.15) is 0 Å². The van der Waals surface area contributed by atoms with Gasteiger partial charge < -0.3 is 9.64 Å². The van der Waals surface area contributed by atoms with Gasteiger partial charge in [-0.1, -0.05) is 11.6 Å². The zero-order chi connectivity index (χ0) is 16.7. The molecule has 0 unspecified atom stereocenters. The molecule has 1 fully saturated rings. The van der Waals surface area contributed by atoms with Gasteiger partial charge in [-0.05, 0) is 55.8 Å². The zero-order valence-corrected chi connectivity index (χ0v) is 14.6. The van der Waals surface area contributed by atoms with E-state index >= 15 is 0 Å². The molecule has 3 rings (SSSR count). The Bertz CT molecular complexity index is 775. The molecule has 1 aromatic carbocycles. The number of carbonyl (C=O) groups is 1. The minimum absolute atomic E-state index is 0.0125. The lowest BCUT2D eigenvalue weighted by Gasteiger charge is -2.18. The Morgan fingerprint density at radius 3 is 2.65 bits per heavy atom. The van der Waals surface area contributed by atoms with Crippen molar-refractivity contribution in [3.05, 3.63) is 40.0 Å². The van der Waals surface area contributed by atoms with Crippen molar-refractivity contribution in [2.45, 2.75) is 19.8 Å². The Kier molecular flexibility index (Phi) is 4.30. The number of carbonyl (C=O) groups excluding carboxylic acids is 1. The predicted molar refractivity (Wildman–Crippen MR) is 92.0 cm³/mol. The highest BCUT2D eigenvalue weighted by molar-refractivity contribution is 6.30. The summed E-state index contributed by atoms with van der Waals surface area (Å²) in [6.45, 7) is 5.61. The minimum Gasteiger partial charge on any atom is -0.469 e. The van der Waals surface area contributed by atoms with E-state index in [-0.39, 0.29) is 17.8 Å². The maximum atomic E-state index is 12.1. The number of halogens is 1. The number of likely N-dealkylation sites (N-methyl/N-ethyl adjacent to an activating group) is 1. The van der Waals surface area contributed by atoms with Crippen molar-refractivity contribution in [1.82, 2.24) is 9.88 Å². The minimum atomic E-state index is -0.201. The topological polar surface area (TPSA) is 42.4 Å². The van der Waals surface area contributed by atoms with Crippen molar-refractivity contribution in [1.29, 1.82) is 0 Å². The lowest BCUT2D eigenvalue weighted by atomic mass is 9.89. The van der Waals surface area contributed by atoms with Gasteiger partial charge in [-0.3, -0.25) is 4.79 Å². The Morgan fingerprint density at radius 1 is 1.26 bits per heavy atom. The Morgan fingerprint density at radius 2 is 1.96 bits per heavy atom. The third-order valence-corrected chi connectivity index (χ3v) is 5.12. The standard InChI is InChI=1S/C18H21ClN2O2/c1-10-5-12-7-13(17(19)20-16(12)6-11(10)2)14-8-21(3)9-15(14)18(22)23-4/h5-7,14-15H,8-9H2,1-4H3/t14-,15+/m0/s1. The molecule has 4 nitrogen and oxygen atoms in total. The highest BCUT2D eigenvalue weighted by atomic mass is 35.5. The molecule has 1 aliphatic rings. The highest BCUT2D eigenvalue weighted by Crippen LogP contribution is 2.37. The van der Waals surface area contributed by atoms with Crippen LogP contribution < -0.4 is 0 Å². The molecule has 1 aromatic heterocycles. The number of methoxy groups -OCH3 is 1. The van der Waals surface area contributed by atoms with Crippen LogP contribution in [0.4, 0.5) is 0 Å². The molecule has 1 aliphatic heterocycles. The first-order valence-electron chi connectivity index (χ1n) is 7.74. The number of likely N-dealkylation sites (tertiary alicyclic amines) is 1. The molecule has 122 valence electrons. The number of hydrogen-bond donors (Lipinski definition) is 0. The first-order chi connectivity index (χ1) is 10.9. The van der Waals surface area contributed by atoms with Gasteiger partial charge in [0.25, 0.3) is 0 Å². The summed E-state index contributed by atoms with van der Waals surface area (Å²) in [4.78, 5) is 18.8. The fraction of sp³-hybridized carbons (Fsp3) is 0.444. The quantitative estimate of drug-likeness (QED) is 0.625. The molecule has 0 amide bonds. The second kappa shape index (κ2) is 6.10. The number of nitrogens with zero attached hydrogens (tertiary/aromatic N) is 2. The van der Waals surface area contributed by atoms with Crippen molar-refractivity contribution < 1.29 is 9.53 Å². The molecule has 5 heteroatoms. The largest absolute Gasteiger partial charge is 0.469 e. The summed E-state index contributed by atoms with van der Waals surface area (Å²) in [5.74, 6) is -0.373. The Balaban J connectivity index is 2.09. The molecule has 0 radical (unpaired) electrons. The van der Waals surface area contributed by atoms with Crippen molar-refractivity contribution in [3.8, 4) is 0 Å². The summed E-state index contributed by atoms with van der Waals surface area (Å²) in [7, 11) is 3.44. The number of rotatable bonds is 2. The molecule has 0 aliphatic carbocycles. The van der Waals surface area contributed by atoms with Gasteiger partial charge in [0, 0.05) is 24.4 Å². The van der Waals surface area contributed by atoms with Gasteiger partial charge in [-0.25, -0.2) is 4.98 Å². The van der Waals surface area contributed by atoms with Crippen molar-refractivity contribution in [2.75, 3.05) is 27.2 Å². The lowest BCUT2D eigenvalue weighted by molar-refractivity contribution is -0.145. The molecule has 0 bridgehead atoms. The summed E-state index contributed by atoms with van der Waals surface area (Å²) >= 11 is 6.45. The van der Waals surface area contributed by atoms with E-state index in [0.717, 1.165) is 23.0 Å². The molecule has 2 aromatic rings. The fourth-order valence-electron chi connectivity index (χ4n) is 3.40. The predicted octanol–water partition coefficient (Wildman–Crippen LogP) is 3.32. The SMILES string of the molecule is COC(=O)[C@@H]1CN(C)C[C@H]1c1cc2cc(C)c(C)cc2nc1Cl. The summed E-state index contributed by atoms with van der Waals surface area (Å²) in [6, 6.07) is 6.26. The van der Waals surface area contributed by atoms with Crippen LogP contribution in [0.1, 0.15) is 22.6 Å². The van der Waals surface area contributed by atoms with Crippen LogP contribution in [0, 0.1) is 19.8 Å². The molecule has 0 spiro atoms. The number of pyridine rings is 1. The van der Waals surface area contributed by atoms with Crippen LogP contribution in [0.3, 0.4) is 0 Å². The van der Waals surface area contributed by atoms with E-state index in [0.29, 0.717) is 11.7 Å². The summed E-state index contributed by atoms with van der Waals surface area (Å²) in [5.41, 5.74) is 4.24. The van der Waals surface area contributed by atoms with Crippen LogP contribution in [0.15, 0.2) is 18.2 Å². The average Bonchev–Trinajstić information content (AvgIpc) is 2.89. The van der Waals surface area contributed by atoms with Crippen LogP contribution >= 0.6 is 11.6 Å². The van der Waals surface area contributed by atoms with E-state index in [1.165, 1.54) is 18.2 Å². The van der Waals surface area contributed by atoms with Gasteiger partial charge in [0.2, 0.25) is 0 Å². The number of aromatic nitrogens is 1. The summed E-state index contributed by atoms with van der Waals surface area (Å²) in [5, 5.41) is 1.54. The second-order valence-electron chi connectivity index (χ2n) is 6.45. The first kappa shape index (κ1) is 16.2. The fourth-order valence-corrected chi connectivity index (χ4v) is 3.68. The monoisotopic (exact) mass is 332 g/mol. The van der Waals surface area contributed by atoms with E-state index < -0.39 is 0 Å². The van der Waals surface area contributed by atoms with Gasteiger partial charge in [0.05, 0.1) is 18.5 Å². The first-order valence-corrected chi connectivity index (χ1v) is 8.12. The lowest BCUT2D eigenvalue weighted by Crippen LogP contribution is -2.23. The van der Waals surface area contributed by atoms with Crippen molar-refractivity contribution >= 4 is 28.5 Å². The van der Waals surface area contributed by atoms with E-state index in [1.807, 2.05) is 7.05 Å². The van der Waals surface area contributed by atoms with Crippen LogP contribution in [0.5, 0.6) is 0 Å². The zero-order valence-electron chi connectivity index (χ0n) is 13.9. The number of esters is 1. The molecule has 0 saturated carbocycles. The smallest absolute Gasteiger partial charge is 0.310 e. The van der Waals surface area contributed by atoms with Gasteiger partial charge in [0.1, 0.15) is 5.15 Å². The second-order valence-corrected chi connectivity index (χ2v) is 6.81. The van der Waals surface area contributed by atoms with Crippen molar-refractivity contribution in [2.24, 2.45) is 5.92 Å². The number of ether oxygens (including phenoxy) is 1. The number of hydrogen-bond acceptors (Lipinski definition) is 4. The van der Waals surface area contributed by atoms with E-state index in [9.17, 15) is 4.79 Å². The molecule has 2 heterocycles. The third-order valence-electron chi connectivity index (χ3n) is 4.82. The summed E-state index contributed by atoms with van der Waals surface area (Å²) in [6.07, 6.45) is 0. The van der Waals surface area contributed by atoms with Gasteiger partial charge in [0.15, 0.2) is 0 Å². The maximum Gasteiger partial charge on any atom is 0.310 e. The summed E-state index contributed by atoms with van der Waals surface area (Å²) < 4.78 is 4.97. The molecular formula is C18H21ClN2O2. The highest BCUT2D eigenvalue weighted by Gasteiger charge is 2.39. The van der Waals surface area contributed by atoms with Crippen molar-refractivity contribution in [3.63, 3.8) is 0 Å². The van der Waals surface area contributed by atoms with E-state index in [4.69, 9.17) is 16.3 Å². The average molecular weight is 333 g/mol. The number of aryl methyl sites for hydroxylation is 2. The normalized spacial score (nSPS) is 21.8. The molecule has 2 atom stereocenters. The Hall–Kier alpha value is -1.65. The van der Waals surface area contributed by atoms with Crippen LogP contribution in [-0.2, 0) is 9.53 Å². The molecule has 23 heavy (non-hydrogen) atoms. The third kappa shape index (κ3) is 2.93. The number of benzene rings is 1. The van der Waals surface area contributed by atoms with Gasteiger partial charge >= 0.3 is 5.97 Å². The maximum absolute atomic E-state index is 12.1. The molecule has 0 N–H and O–H groups in total. The van der Waals surface area contributed by atoms with Crippen LogP contribution in [0.2, 0.25) is 5.15 Å². The molecular weight excluding hydrogens is 312 g/mol. The van der Waals surface area contributed by atoms with Crippen LogP contribution in [0.25, 0.3) is 10.9 Å². The van der Waals surface area contributed by atoms with E-state index in [2.05, 4.69) is 41.9 Å². The Labute approximate surface area is 141 Å². The van der Waals surface area contributed by atoms with Crippen LogP contribution in [-0.4, -0.2) is 43.1 Å². The van der Waals surface area contributed by atoms with Gasteiger partial charge in [-0.15, -0.1) is 0 Å². The molecule has 1 saturated heterocycles. The number of fused-ring (bicyclic) bond motifs is 1.